The van der Waals surface area contributed by atoms with Crippen LogP contribution in [0.2, 0.25) is 0 Å². The second-order valence-corrected chi connectivity index (χ2v) is 4.88. The third-order valence-corrected chi connectivity index (χ3v) is 2.96. The van der Waals surface area contributed by atoms with Crippen molar-refractivity contribution in [1.82, 2.24) is 0 Å². The summed E-state index contributed by atoms with van der Waals surface area (Å²) >= 11 is 0. The molecule has 5 nitrogen and oxygen atoms in total. The van der Waals surface area contributed by atoms with E-state index in [9.17, 15) is 22.8 Å². The molecule has 0 atom stereocenters. The van der Waals surface area contributed by atoms with Crippen molar-refractivity contribution in [2.45, 2.75) is 6.92 Å². The number of hydrogen-bond donors (Lipinski definition) is 3. The molecule has 0 aromatic heterocycles. The quantitative estimate of drug-likeness (QED) is 0.734. The van der Waals surface area contributed by atoms with Crippen LogP contribution in [-0.2, 0) is 9.59 Å². The van der Waals surface area contributed by atoms with Gasteiger partial charge >= 0.3 is 0 Å². The van der Waals surface area contributed by atoms with E-state index in [1.54, 1.807) is 24.3 Å². The molecule has 0 radical (unpaired) electrons. The Balaban J connectivity index is 1.92. The minimum atomic E-state index is -1.60. The van der Waals surface area contributed by atoms with Gasteiger partial charge in [0.2, 0.25) is 11.8 Å². The van der Waals surface area contributed by atoms with Gasteiger partial charge in [-0.15, -0.1) is 0 Å². The van der Waals surface area contributed by atoms with E-state index in [0.717, 1.165) is 12.1 Å². The molecule has 126 valence electrons. The van der Waals surface area contributed by atoms with E-state index in [1.165, 1.54) is 6.92 Å². The number of nitrogens with one attached hydrogen (secondary N) is 3. The number of hydrogen-bond acceptors (Lipinski definition) is 3. The fourth-order valence-electron chi connectivity index (χ4n) is 1.88. The molecule has 24 heavy (non-hydrogen) atoms. The summed E-state index contributed by atoms with van der Waals surface area (Å²) in [5.74, 6) is -5.02. The molecule has 2 rings (SSSR count). The lowest BCUT2D eigenvalue weighted by Gasteiger charge is -2.10. The number of carbonyl (C=O) groups is 2. The van der Waals surface area contributed by atoms with Crippen molar-refractivity contribution in [1.29, 1.82) is 0 Å². The first-order chi connectivity index (χ1) is 11.4. The number of halogens is 3. The molecule has 0 aliphatic rings. The van der Waals surface area contributed by atoms with E-state index in [1.807, 2.05) is 0 Å². The van der Waals surface area contributed by atoms with Crippen molar-refractivity contribution in [3.05, 3.63) is 53.8 Å². The number of amides is 2. The minimum absolute atomic E-state index is 0.218. The first kappa shape index (κ1) is 17.3. The lowest BCUT2D eigenvalue weighted by atomic mass is 10.2. The van der Waals surface area contributed by atoms with Crippen LogP contribution in [-0.4, -0.2) is 18.4 Å². The predicted octanol–water partition coefficient (Wildman–Crippen LogP) is 3.11. The zero-order valence-electron chi connectivity index (χ0n) is 12.6. The lowest BCUT2D eigenvalue weighted by molar-refractivity contribution is -0.115. The van der Waals surface area contributed by atoms with Crippen LogP contribution >= 0.6 is 0 Å². The van der Waals surface area contributed by atoms with E-state index in [0.29, 0.717) is 11.4 Å². The molecule has 0 fully saturated rings. The maximum absolute atomic E-state index is 13.4. The third-order valence-electron chi connectivity index (χ3n) is 2.96. The van der Waals surface area contributed by atoms with Crippen LogP contribution in [0, 0.1) is 17.5 Å². The van der Waals surface area contributed by atoms with Crippen LogP contribution < -0.4 is 16.0 Å². The van der Waals surface area contributed by atoms with Crippen molar-refractivity contribution in [3.8, 4) is 0 Å². The highest BCUT2D eigenvalue weighted by atomic mass is 19.2. The highest BCUT2D eigenvalue weighted by molar-refractivity contribution is 5.94. The lowest BCUT2D eigenvalue weighted by Crippen LogP contribution is -2.22. The van der Waals surface area contributed by atoms with E-state index >= 15 is 0 Å². The zero-order valence-corrected chi connectivity index (χ0v) is 12.6. The van der Waals surface area contributed by atoms with Crippen LogP contribution in [0.5, 0.6) is 0 Å². The molecule has 0 spiro atoms. The summed E-state index contributed by atoms with van der Waals surface area (Å²) < 4.78 is 39.3. The summed E-state index contributed by atoms with van der Waals surface area (Å²) in [6.07, 6.45) is 0. The summed E-state index contributed by atoms with van der Waals surface area (Å²) in [7, 11) is 0. The normalized spacial score (nSPS) is 10.2. The third kappa shape index (κ3) is 4.48. The van der Waals surface area contributed by atoms with E-state index < -0.39 is 23.4 Å². The molecule has 0 saturated carbocycles. The SMILES string of the molecule is CC(=O)Nc1ccc(NC(=O)CNc2ccc(F)c(F)c2F)cc1. The number of rotatable bonds is 5. The van der Waals surface area contributed by atoms with Gasteiger partial charge in [-0.25, -0.2) is 13.2 Å². The Hall–Kier alpha value is -3.03. The smallest absolute Gasteiger partial charge is 0.243 e. The van der Waals surface area contributed by atoms with Gasteiger partial charge in [0.15, 0.2) is 17.5 Å². The highest BCUT2D eigenvalue weighted by Gasteiger charge is 2.13. The predicted molar refractivity (Wildman–Crippen MR) is 84.2 cm³/mol. The average molecular weight is 337 g/mol. The Bertz CT molecular complexity index is 764. The van der Waals surface area contributed by atoms with Gasteiger partial charge in [-0.05, 0) is 36.4 Å². The summed E-state index contributed by atoms with van der Waals surface area (Å²) in [4.78, 5) is 22.7. The van der Waals surface area contributed by atoms with Crippen molar-refractivity contribution in [2.75, 3.05) is 22.5 Å². The van der Waals surface area contributed by atoms with Gasteiger partial charge in [0.25, 0.3) is 0 Å². The van der Waals surface area contributed by atoms with Crippen LogP contribution in [0.4, 0.5) is 30.2 Å². The monoisotopic (exact) mass is 337 g/mol. The molecule has 2 aromatic carbocycles. The van der Waals surface area contributed by atoms with Crippen molar-refractivity contribution >= 4 is 28.9 Å². The fourth-order valence-corrected chi connectivity index (χ4v) is 1.88. The summed E-state index contributed by atoms with van der Waals surface area (Å²) in [6, 6.07) is 8.10. The standard InChI is InChI=1S/C16H14F3N3O2/c1-9(23)21-10-2-4-11(5-3-10)22-14(24)8-20-13-7-6-12(17)15(18)16(13)19/h2-7,20H,8H2,1H3,(H,21,23)(H,22,24). The van der Waals surface area contributed by atoms with Crippen LogP contribution in [0.1, 0.15) is 6.92 Å². The number of benzene rings is 2. The summed E-state index contributed by atoms with van der Waals surface area (Å²) in [5, 5.41) is 7.50. The maximum Gasteiger partial charge on any atom is 0.243 e. The molecule has 0 heterocycles. The summed E-state index contributed by atoms with van der Waals surface area (Å²) in [5.41, 5.74) is 0.717. The largest absolute Gasteiger partial charge is 0.374 e. The molecule has 0 saturated heterocycles. The molecule has 0 unspecified atom stereocenters. The topological polar surface area (TPSA) is 70.2 Å². The Morgan fingerprint density at radius 3 is 2.04 bits per heavy atom. The van der Waals surface area contributed by atoms with Gasteiger partial charge in [0.1, 0.15) is 0 Å². The summed E-state index contributed by atoms with van der Waals surface area (Å²) in [6.45, 7) is 1.04. The van der Waals surface area contributed by atoms with E-state index in [4.69, 9.17) is 0 Å². The molecular formula is C16H14F3N3O2. The second-order valence-electron chi connectivity index (χ2n) is 4.88. The van der Waals surface area contributed by atoms with Gasteiger partial charge in [-0.1, -0.05) is 0 Å². The van der Waals surface area contributed by atoms with Gasteiger partial charge in [-0.2, -0.15) is 0 Å². The van der Waals surface area contributed by atoms with Crippen molar-refractivity contribution < 1.29 is 22.8 Å². The Morgan fingerprint density at radius 1 is 0.875 bits per heavy atom. The van der Waals surface area contributed by atoms with Gasteiger partial charge in [-0.3, -0.25) is 9.59 Å². The molecule has 2 amide bonds. The Kier molecular flexibility index (Phi) is 5.41. The molecule has 0 bridgehead atoms. The maximum atomic E-state index is 13.4. The van der Waals surface area contributed by atoms with Gasteiger partial charge in [0, 0.05) is 18.3 Å². The number of carbonyl (C=O) groups excluding carboxylic acids is 2. The van der Waals surface area contributed by atoms with Crippen LogP contribution in [0.3, 0.4) is 0 Å². The first-order valence-corrected chi connectivity index (χ1v) is 6.91. The number of anilines is 3. The highest BCUT2D eigenvalue weighted by Crippen LogP contribution is 2.19. The molecule has 8 heteroatoms. The van der Waals surface area contributed by atoms with E-state index in [-0.39, 0.29) is 18.1 Å². The first-order valence-electron chi connectivity index (χ1n) is 6.91. The minimum Gasteiger partial charge on any atom is -0.374 e. The second kappa shape index (κ2) is 7.49. The van der Waals surface area contributed by atoms with Crippen LogP contribution in [0.15, 0.2) is 36.4 Å². The molecule has 0 aliphatic carbocycles. The Morgan fingerprint density at radius 2 is 1.46 bits per heavy atom. The van der Waals surface area contributed by atoms with Gasteiger partial charge in [0.05, 0.1) is 12.2 Å². The van der Waals surface area contributed by atoms with E-state index in [2.05, 4.69) is 16.0 Å². The van der Waals surface area contributed by atoms with Gasteiger partial charge < -0.3 is 16.0 Å². The average Bonchev–Trinajstić information content (AvgIpc) is 2.53. The Labute approximate surface area is 135 Å². The molecular weight excluding hydrogens is 323 g/mol. The van der Waals surface area contributed by atoms with Crippen LogP contribution in [0.25, 0.3) is 0 Å². The molecule has 0 aliphatic heterocycles. The van der Waals surface area contributed by atoms with Crippen molar-refractivity contribution in [2.24, 2.45) is 0 Å². The van der Waals surface area contributed by atoms with Crippen molar-refractivity contribution in [3.63, 3.8) is 0 Å². The molecule has 2 aromatic rings. The zero-order chi connectivity index (χ0) is 17.7. The molecule has 3 N–H and O–H groups in total. The fraction of sp³-hybridized carbons (Fsp3) is 0.125.